The third kappa shape index (κ3) is 4.07. The number of nitrogens with one attached hydrogen (secondary N) is 2. The first-order valence-electron chi connectivity index (χ1n) is 7.06. The maximum absolute atomic E-state index is 12.2. The van der Waals surface area contributed by atoms with E-state index in [1.807, 2.05) is 55.5 Å². The summed E-state index contributed by atoms with van der Waals surface area (Å²) >= 11 is 0. The summed E-state index contributed by atoms with van der Waals surface area (Å²) in [4.78, 5) is 12.2. The van der Waals surface area contributed by atoms with E-state index in [-0.39, 0.29) is 12.5 Å². The van der Waals surface area contributed by atoms with Crippen molar-refractivity contribution >= 4 is 11.6 Å². The third-order valence-electron chi connectivity index (χ3n) is 3.18. The summed E-state index contributed by atoms with van der Waals surface area (Å²) in [6, 6.07) is 16.6. The summed E-state index contributed by atoms with van der Waals surface area (Å²) in [5, 5.41) is 16.0. The normalized spacial score (nSPS) is 11.7. The first kappa shape index (κ1) is 15.1. The van der Waals surface area contributed by atoms with Gasteiger partial charge in [0.15, 0.2) is 0 Å². The molecule has 0 aliphatic heterocycles. The van der Waals surface area contributed by atoms with Gasteiger partial charge in [0.25, 0.3) is 5.91 Å². The van der Waals surface area contributed by atoms with Crippen LogP contribution in [-0.2, 0) is 0 Å². The van der Waals surface area contributed by atoms with Gasteiger partial charge in [0.2, 0.25) is 0 Å². The Kier molecular flexibility index (Phi) is 5.35. The third-order valence-corrected chi connectivity index (χ3v) is 3.18. The molecule has 0 bridgehead atoms. The van der Waals surface area contributed by atoms with E-state index in [4.69, 9.17) is 0 Å². The molecule has 1 atom stereocenters. The fourth-order valence-electron chi connectivity index (χ4n) is 2.10. The summed E-state index contributed by atoms with van der Waals surface area (Å²) < 4.78 is 0. The van der Waals surface area contributed by atoms with Crippen LogP contribution in [-0.4, -0.2) is 24.1 Å². The summed E-state index contributed by atoms with van der Waals surface area (Å²) in [6.07, 6.45) is -0.707. The van der Waals surface area contributed by atoms with Crippen LogP contribution in [0, 0.1) is 0 Å². The quantitative estimate of drug-likeness (QED) is 0.764. The van der Waals surface area contributed by atoms with Crippen molar-refractivity contribution in [2.45, 2.75) is 13.0 Å². The van der Waals surface area contributed by atoms with E-state index in [2.05, 4.69) is 10.6 Å². The molecule has 4 heteroatoms. The number of anilines is 1. The largest absolute Gasteiger partial charge is 0.387 e. The molecule has 2 aromatic rings. The van der Waals surface area contributed by atoms with Crippen LogP contribution in [0.25, 0.3) is 0 Å². The molecule has 0 radical (unpaired) electrons. The van der Waals surface area contributed by atoms with Crippen LogP contribution in [0.1, 0.15) is 28.9 Å². The molecule has 2 aromatic carbocycles. The summed E-state index contributed by atoms with van der Waals surface area (Å²) in [7, 11) is 0. The predicted octanol–water partition coefficient (Wildman–Crippen LogP) is 2.58. The van der Waals surface area contributed by atoms with Crippen molar-refractivity contribution in [1.29, 1.82) is 0 Å². The summed E-state index contributed by atoms with van der Waals surface area (Å²) in [5.74, 6) is -0.193. The Balaban J connectivity index is 1.99. The van der Waals surface area contributed by atoms with Crippen LogP contribution in [0.3, 0.4) is 0 Å². The number of rotatable bonds is 6. The number of hydrogen-bond donors (Lipinski definition) is 3. The van der Waals surface area contributed by atoms with Gasteiger partial charge < -0.3 is 15.7 Å². The van der Waals surface area contributed by atoms with Crippen LogP contribution in [0.15, 0.2) is 54.6 Å². The van der Waals surface area contributed by atoms with Gasteiger partial charge in [0.05, 0.1) is 11.7 Å². The fourth-order valence-corrected chi connectivity index (χ4v) is 2.10. The van der Waals surface area contributed by atoms with Gasteiger partial charge in [0, 0.05) is 18.8 Å². The molecular weight excluding hydrogens is 264 g/mol. The molecule has 0 fully saturated rings. The number of para-hydroxylation sites is 1. The van der Waals surface area contributed by atoms with Gasteiger partial charge in [-0.15, -0.1) is 0 Å². The monoisotopic (exact) mass is 284 g/mol. The SMILES string of the molecule is CCNc1ccccc1C(=O)NCC(O)c1ccccc1. The Morgan fingerprint density at radius 1 is 1.10 bits per heavy atom. The molecule has 0 aliphatic rings. The minimum Gasteiger partial charge on any atom is -0.387 e. The molecule has 2 rings (SSSR count). The Bertz CT molecular complexity index is 584. The lowest BCUT2D eigenvalue weighted by Crippen LogP contribution is -2.29. The predicted molar refractivity (Wildman–Crippen MR) is 84.3 cm³/mol. The zero-order valence-electron chi connectivity index (χ0n) is 12.0. The Labute approximate surface area is 124 Å². The van der Waals surface area contributed by atoms with Gasteiger partial charge in [-0.1, -0.05) is 42.5 Å². The first-order chi connectivity index (χ1) is 10.2. The second-order valence-corrected chi connectivity index (χ2v) is 4.71. The number of hydrogen-bond acceptors (Lipinski definition) is 3. The summed E-state index contributed by atoms with van der Waals surface area (Å²) in [6.45, 7) is 2.91. The Morgan fingerprint density at radius 2 is 1.76 bits per heavy atom. The lowest BCUT2D eigenvalue weighted by molar-refractivity contribution is 0.0917. The molecule has 4 nitrogen and oxygen atoms in total. The van der Waals surface area contributed by atoms with Crippen LogP contribution >= 0.6 is 0 Å². The molecule has 1 amide bonds. The van der Waals surface area contributed by atoms with Crippen molar-refractivity contribution in [2.24, 2.45) is 0 Å². The molecule has 0 aliphatic carbocycles. The average molecular weight is 284 g/mol. The van der Waals surface area contributed by atoms with Crippen molar-refractivity contribution < 1.29 is 9.90 Å². The topological polar surface area (TPSA) is 61.4 Å². The standard InChI is InChI=1S/C17H20N2O2/c1-2-18-15-11-7-6-10-14(15)17(21)19-12-16(20)13-8-4-3-5-9-13/h3-11,16,18,20H,2,12H2,1H3,(H,19,21). The molecule has 21 heavy (non-hydrogen) atoms. The number of benzene rings is 2. The average Bonchev–Trinajstić information content (AvgIpc) is 2.54. The lowest BCUT2D eigenvalue weighted by Gasteiger charge is -2.14. The minimum absolute atomic E-state index is 0.184. The molecule has 3 N–H and O–H groups in total. The minimum atomic E-state index is -0.707. The Hall–Kier alpha value is -2.33. The van der Waals surface area contributed by atoms with Crippen molar-refractivity contribution in [2.75, 3.05) is 18.4 Å². The maximum atomic E-state index is 12.2. The van der Waals surface area contributed by atoms with Crippen molar-refractivity contribution in [3.05, 3.63) is 65.7 Å². The number of aliphatic hydroxyl groups excluding tert-OH is 1. The van der Waals surface area contributed by atoms with Crippen molar-refractivity contribution in [3.8, 4) is 0 Å². The number of carbonyl (C=O) groups is 1. The molecule has 0 heterocycles. The van der Waals surface area contributed by atoms with E-state index in [0.717, 1.165) is 17.8 Å². The highest BCUT2D eigenvalue weighted by atomic mass is 16.3. The van der Waals surface area contributed by atoms with Crippen LogP contribution in [0.4, 0.5) is 5.69 Å². The molecule has 1 unspecified atom stereocenters. The van der Waals surface area contributed by atoms with Crippen molar-refractivity contribution in [1.82, 2.24) is 5.32 Å². The van der Waals surface area contributed by atoms with Gasteiger partial charge in [-0.2, -0.15) is 0 Å². The highest BCUT2D eigenvalue weighted by Gasteiger charge is 2.13. The highest BCUT2D eigenvalue weighted by molar-refractivity contribution is 5.99. The second-order valence-electron chi connectivity index (χ2n) is 4.71. The molecule has 0 saturated carbocycles. The van der Waals surface area contributed by atoms with E-state index in [9.17, 15) is 9.90 Å². The molecule has 0 saturated heterocycles. The highest BCUT2D eigenvalue weighted by Crippen LogP contribution is 2.15. The fraction of sp³-hybridized carbons (Fsp3) is 0.235. The number of aliphatic hydroxyl groups is 1. The van der Waals surface area contributed by atoms with E-state index in [1.54, 1.807) is 6.07 Å². The van der Waals surface area contributed by atoms with Gasteiger partial charge in [-0.05, 0) is 24.6 Å². The van der Waals surface area contributed by atoms with Crippen molar-refractivity contribution in [3.63, 3.8) is 0 Å². The van der Waals surface area contributed by atoms with Crippen LogP contribution in [0.5, 0.6) is 0 Å². The zero-order chi connectivity index (χ0) is 15.1. The number of amides is 1. The smallest absolute Gasteiger partial charge is 0.253 e. The summed E-state index contributed by atoms with van der Waals surface area (Å²) in [5.41, 5.74) is 2.17. The van der Waals surface area contributed by atoms with E-state index < -0.39 is 6.10 Å². The van der Waals surface area contributed by atoms with E-state index in [1.165, 1.54) is 0 Å². The molecule has 110 valence electrons. The van der Waals surface area contributed by atoms with Crippen LogP contribution in [0.2, 0.25) is 0 Å². The first-order valence-corrected chi connectivity index (χ1v) is 7.06. The van der Waals surface area contributed by atoms with E-state index >= 15 is 0 Å². The van der Waals surface area contributed by atoms with Gasteiger partial charge in [0.1, 0.15) is 0 Å². The zero-order valence-corrected chi connectivity index (χ0v) is 12.0. The Morgan fingerprint density at radius 3 is 2.48 bits per heavy atom. The van der Waals surface area contributed by atoms with Gasteiger partial charge >= 0.3 is 0 Å². The van der Waals surface area contributed by atoms with E-state index in [0.29, 0.717) is 5.56 Å². The van der Waals surface area contributed by atoms with Gasteiger partial charge in [-0.3, -0.25) is 4.79 Å². The molecule has 0 aromatic heterocycles. The molecule has 0 spiro atoms. The second kappa shape index (κ2) is 7.45. The molecular formula is C17H20N2O2. The number of carbonyl (C=O) groups excluding carboxylic acids is 1. The maximum Gasteiger partial charge on any atom is 0.253 e. The van der Waals surface area contributed by atoms with Gasteiger partial charge in [-0.25, -0.2) is 0 Å². The lowest BCUT2D eigenvalue weighted by atomic mass is 10.1. The van der Waals surface area contributed by atoms with Crippen LogP contribution < -0.4 is 10.6 Å².